The molecular formula is C14H18N4OS. The number of rotatable bonds is 4. The molecule has 0 spiro atoms. The van der Waals surface area contributed by atoms with E-state index < -0.39 is 0 Å². The van der Waals surface area contributed by atoms with E-state index in [1.807, 2.05) is 17.0 Å². The van der Waals surface area contributed by atoms with Gasteiger partial charge in [-0.05, 0) is 25.0 Å². The lowest BCUT2D eigenvalue weighted by atomic mass is 10.2. The minimum atomic E-state index is 0.225. The van der Waals surface area contributed by atoms with E-state index in [0.717, 1.165) is 41.8 Å². The zero-order valence-corrected chi connectivity index (χ0v) is 12.1. The number of aromatic nitrogens is 1. The van der Waals surface area contributed by atoms with E-state index in [-0.39, 0.29) is 5.91 Å². The molecule has 0 saturated carbocycles. The van der Waals surface area contributed by atoms with Crippen molar-refractivity contribution in [2.24, 2.45) is 0 Å². The maximum absolute atomic E-state index is 11.9. The van der Waals surface area contributed by atoms with Crippen molar-refractivity contribution in [3.8, 4) is 0 Å². The molecule has 0 radical (unpaired) electrons. The Bertz CT molecular complexity index is 619. The summed E-state index contributed by atoms with van der Waals surface area (Å²) >= 11 is 1.58. The first-order chi connectivity index (χ1) is 9.75. The number of amides is 1. The first-order valence-electron chi connectivity index (χ1n) is 6.89. The van der Waals surface area contributed by atoms with Gasteiger partial charge < -0.3 is 16.0 Å². The lowest BCUT2D eigenvalue weighted by Crippen LogP contribution is -2.29. The molecule has 0 bridgehead atoms. The van der Waals surface area contributed by atoms with Crippen LogP contribution in [0, 0.1) is 0 Å². The van der Waals surface area contributed by atoms with Crippen LogP contribution >= 0.6 is 11.3 Å². The fourth-order valence-corrected chi connectivity index (χ4v) is 3.23. The third-order valence-corrected chi connectivity index (χ3v) is 4.45. The van der Waals surface area contributed by atoms with Gasteiger partial charge in [0.1, 0.15) is 5.52 Å². The van der Waals surface area contributed by atoms with Crippen LogP contribution in [0.1, 0.15) is 19.3 Å². The number of nitrogens with zero attached hydrogens (tertiary/aromatic N) is 2. The maximum Gasteiger partial charge on any atom is 0.224 e. The summed E-state index contributed by atoms with van der Waals surface area (Å²) in [6, 6.07) is 3.96. The molecule has 0 aliphatic carbocycles. The number of nitrogen functional groups attached to an aromatic ring is 1. The number of nitrogens with two attached hydrogens (primary N) is 1. The zero-order valence-electron chi connectivity index (χ0n) is 11.3. The fraction of sp³-hybridized carbons (Fsp3) is 0.429. The van der Waals surface area contributed by atoms with Gasteiger partial charge in [0.05, 0.1) is 21.6 Å². The number of fused-ring (bicyclic) bond motifs is 1. The summed E-state index contributed by atoms with van der Waals surface area (Å²) in [5.74, 6) is 0.225. The van der Waals surface area contributed by atoms with Gasteiger partial charge in [0.15, 0.2) is 0 Å². The van der Waals surface area contributed by atoms with E-state index in [2.05, 4.69) is 10.3 Å². The molecular weight excluding hydrogens is 272 g/mol. The Hall–Kier alpha value is -1.82. The standard InChI is InChI=1S/C14H18N4OS/c15-13-10(3-4-11-14(13)17-9-20-11)16-6-5-12(19)18-7-1-2-8-18/h3-4,9,16H,1-2,5-8,15H2. The molecule has 1 aliphatic heterocycles. The average molecular weight is 290 g/mol. The molecule has 3 rings (SSSR count). The van der Waals surface area contributed by atoms with Crippen molar-refractivity contribution in [1.29, 1.82) is 0 Å². The minimum Gasteiger partial charge on any atom is -0.395 e. The first-order valence-corrected chi connectivity index (χ1v) is 7.77. The summed E-state index contributed by atoms with van der Waals surface area (Å²) in [7, 11) is 0. The number of anilines is 2. The molecule has 1 amide bonds. The smallest absolute Gasteiger partial charge is 0.224 e. The lowest BCUT2D eigenvalue weighted by molar-refractivity contribution is -0.129. The number of benzene rings is 1. The summed E-state index contributed by atoms with van der Waals surface area (Å²) in [4.78, 5) is 18.1. The van der Waals surface area contributed by atoms with Crippen molar-refractivity contribution >= 4 is 38.8 Å². The second-order valence-electron chi connectivity index (χ2n) is 4.99. The third-order valence-electron chi connectivity index (χ3n) is 3.65. The number of hydrogen-bond donors (Lipinski definition) is 2. The number of carbonyl (C=O) groups is 1. The predicted molar refractivity (Wildman–Crippen MR) is 83.0 cm³/mol. The lowest BCUT2D eigenvalue weighted by Gasteiger charge is -2.16. The Balaban J connectivity index is 1.59. The summed E-state index contributed by atoms with van der Waals surface area (Å²) in [6.07, 6.45) is 2.77. The van der Waals surface area contributed by atoms with E-state index in [0.29, 0.717) is 18.7 Å². The van der Waals surface area contributed by atoms with Crippen molar-refractivity contribution in [2.45, 2.75) is 19.3 Å². The maximum atomic E-state index is 11.9. The molecule has 1 saturated heterocycles. The molecule has 1 fully saturated rings. The summed E-state index contributed by atoms with van der Waals surface area (Å²) < 4.78 is 1.08. The van der Waals surface area contributed by atoms with Gasteiger partial charge in [-0.1, -0.05) is 0 Å². The molecule has 106 valence electrons. The Kier molecular flexibility index (Phi) is 3.73. The largest absolute Gasteiger partial charge is 0.395 e. The van der Waals surface area contributed by atoms with Gasteiger partial charge in [-0.3, -0.25) is 4.79 Å². The van der Waals surface area contributed by atoms with Crippen LogP contribution in [0.2, 0.25) is 0 Å². The Morgan fingerprint density at radius 2 is 2.20 bits per heavy atom. The quantitative estimate of drug-likeness (QED) is 0.848. The first kappa shape index (κ1) is 13.2. The number of carbonyl (C=O) groups excluding carboxylic acids is 1. The summed E-state index contributed by atoms with van der Waals surface area (Å²) in [5.41, 5.74) is 10.2. The molecule has 2 heterocycles. The van der Waals surface area contributed by atoms with Crippen molar-refractivity contribution in [2.75, 3.05) is 30.7 Å². The van der Waals surface area contributed by atoms with Gasteiger partial charge >= 0.3 is 0 Å². The molecule has 1 aromatic heterocycles. The second kappa shape index (κ2) is 5.66. The summed E-state index contributed by atoms with van der Waals surface area (Å²) in [5, 5.41) is 3.24. The van der Waals surface area contributed by atoms with Crippen LogP contribution in [-0.4, -0.2) is 35.4 Å². The van der Waals surface area contributed by atoms with Crippen LogP contribution in [0.5, 0.6) is 0 Å². The predicted octanol–water partition coefficient (Wildman–Crippen LogP) is 2.30. The van der Waals surface area contributed by atoms with E-state index >= 15 is 0 Å². The molecule has 6 heteroatoms. The monoisotopic (exact) mass is 290 g/mol. The van der Waals surface area contributed by atoms with Crippen LogP contribution in [0.3, 0.4) is 0 Å². The van der Waals surface area contributed by atoms with Crippen LogP contribution in [0.15, 0.2) is 17.6 Å². The zero-order chi connectivity index (χ0) is 13.9. The van der Waals surface area contributed by atoms with Crippen molar-refractivity contribution < 1.29 is 4.79 Å². The average Bonchev–Trinajstić information content (AvgIpc) is 3.11. The minimum absolute atomic E-state index is 0.225. The molecule has 1 aromatic carbocycles. The van der Waals surface area contributed by atoms with E-state index in [1.165, 1.54) is 0 Å². The Morgan fingerprint density at radius 3 is 3.00 bits per heavy atom. The molecule has 0 atom stereocenters. The van der Waals surface area contributed by atoms with E-state index in [9.17, 15) is 4.79 Å². The van der Waals surface area contributed by atoms with Crippen molar-refractivity contribution in [1.82, 2.24) is 9.88 Å². The van der Waals surface area contributed by atoms with Crippen LogP contribution in [0.4, 0.5) is 11.4 Å². The number of nitrogens with one attached hydrogen (secondary N) is 1. The van der Waals surface area contributed by atoms with Gasteiger partial charge in [0.25, 0.3) is 0 Å². The topological polar surface area (TPSA) is 71.2 Å². The van der Waals surface area contributed by atoms with Crippen molar-refractivity contribution in [3.63, 3.8) is 0 Å². The normalized spacial score (nSPS) is 14.9. The molecule has 0 unspecified atom stereocenters. The van der Waals surface area contributed by atoms with Gasteiger partial charge in [0.2, 0.25) is 5.91 Å². The highest BCUT2D eigenvalue weighted by atomic mass is 32.1. The summed E-state index contributed by atoms with van der Waals surface area (Å²) in [6.45, 7) is 2.42. The SMILES string of the molecule is Nc1c(NCCC(=O)N2CCCC2)ccc2scnc12. The van der Waals surface area contributed by atoms with Crippen molar-refractivity contribution in [3.05, 3.63) is 17.6 Å². The molecule has 20 heavy (non-hydrogen) atoms. The number of thiazole rings is 1. The Morgan fingerprint density at radius 1 is 1.40 bits per heavy atom. The Labute approximate surface area is 121 Å². The highest BCUT2D eigenvalue weighted by Gasteiger charge is 2.17. The molecule has 3 N–H and O–H groups in total. The third kappa shape index (κ3) is 2.56. The van der Waals surface area contributed by atoms with Crippen LogP contribution in [-0.2, 0) is 4.79 Å². The van der Waals surface area contributed by atoms with Gasteiger partial charge in [-0.2, -0.15) is 0 Å². The molecule has 5 nitrogen and oxygen atoms in total. The number of hydrogen-bond acceptors (Lipinski definition) is 5. The second-order valence-corrected chi connectivity index (χ2v) is 5.88. The van der Waals surface area contributed by atoms with Crippen LogP contribution in [0.25, 0.3) is 10.2 Å². The van der Waals surface area contributed by atoms with Gasteiger partial charge in [-0.25, -0.2) is 4.98 Å². The molecule has 1 aliphatic rings. The highest BCUT2D eigenvalue weighted by molar-refractivity contribution is 7.16. The fourth-order valence-electron chi connectivity index (χ4n) is 2.54. The van der Waals surface area contributed by atoms with Crippen LogP contribution < -0.4 is 11.1 Å². The van der Waals surface area contributed by atoms with Gasteiger partial charge in [-0.15, -0.1) is 11.3 Å². The van der Waals surface area contributed by atoms with E-state index in [4.69, 9.17) is 5.73 Å². The van der Waals surface area contributed by atoms with E-state index in [1.54, 1.807) is 16.8 Å². The van der Waals surface area contributed by atoms with Gasteiger partial charge in [0, 0.05) is 26.1 Å². The molecule has 2 aromatic rings. The highest BCUT2D eigenvalue weighted by Crippen LogP contribution is 2.29. The number of likely N-dealkylation sites (tertiary alicyclic amines) is 1.